The van der Waals surface area contributed by atoms with Crippen LogP contribution < -0.4 is 0 Å². The van der Waals surface area contributed by atoms with Crippen molar-refractivity contribution >= 4 is 45.3 Å². The van der Waals surface area contributed by atoms with Gasteiger partial charge in [0.25, 0.3) is 0 Å². The van der Waals surface area contributed by atoms with Crippen molar-refractivity contribution in [1.82, 2.24) is 4.98 Å². The van der Waals surface area contributed by atoms with E-state index >= 15 is 0 Å². The molecule has 0 amide bonds. The van der Waals surface area contributed by atoms with Crippen molar-refractivity contribution in [3.63, 3.8) is 0 Å². The number of hydrogen-bond donors (Lipinski definition) is 0. The Labute approximate surface area is 233 Å². The van der Waals surface area contributed by atoms with Crippen LogP contribution in [0.15, 0.2) is 44.6 Å². The second kappa shape index (κ2) is 11.4. The van der Waals surface area contributed by atoms with Crippen molar-refractivity contribution in [2.24, 2.45) is 0 Å². The van der Waals surface area contributed by atoms with E-state index in [1.165, 1.54) is 10.4 Å². The molecule has 0 saturated carbocycles. The highest BCUT2D eigenvalue weighted by Gasteiger charge is 2.45. The molecule has 198 valence electrons. The first-order valence-electron chi connectivity index (χ1n) is 12.8. The molecule has 0 bridgehead atoms. The minimum atomic E-state index is -1.70. The van der Waals surface area contributed by atoms with Crippen LogP contribution in [0.3, 0.4) is 0 Å². The number of nitrogens with zero attached hydrogens (tertiary/aromatic N) is 1. The van der Waals surface area contributed by atoms with Gasteiger partial charge in [0.15, 0.2) is 23.9 Å². The number of thiophene rings is 1. The summed E-state index contributed by atoms with van der Waals surface area (Å²) in [6.45, 7) is 22.2. The van der Waals surface area contributed by atoms with Gasteiger partial charge in [0, 0.05) is 16.9 Å². The molecular weight excluding hydrogens is 566 g/mol. The molecule has 0 fully saturated rings. The minimum Gasteiger partial charge on any atom is -0.441 e. The Hall–Kier alpha value is -1.04. The number of rotatable bonds is 9. The smallest absolute Gasteiger partial charge is 0.226 e. The predicted octanol–water partition coefficient (Wildman–Crippen LogP) is 8.91. The summed E-state index contributed by atoms with van der Waals surface area (Å²) in [5.74, 6) is 0.446. The molecule has 0 aliphatic carbocycles. The van der Waals surface area contributed by atoms with Crippen molar-refractivity contribution in [2.75, 3.05) is 0 Å². The predicted molar refractivity (Wildman–Crippen MR) is 161 cm³/mol. The molecule has 0 aliphatic heterocycles. The summed E-state index contributed by atoms with van der Waals surface area (Å²) < 4.78 is 21.7. The lowest BCUT2D eigenvalue weighted by Gasteiger charge is -2.43. The van der Waals surface area contributed by atoms with E-state index in [9.17, 15) is 0 Å². The Morgan fingerprint density at radius 1 is 0.889 bits per heavy atom. The summed E-state index contributed by atoms with van der Waals surface area (Å²) in [6.07, 6.45) is 1.54. The first kappa shape index (κ1) is 29.5. The van der Waals surface area contributed by atoms with Crippen LogP contribution in [0.2, 0.25) is 23.2 Å². The minimum absolute atomic E-state index is 0.0739. The standard InChI is InChI=1S/C28H42BrNO3SSi2/c1-19-11-13-21(14-12-19)25-30-24(20(2)31-25)28(32-35(9)26(3,4)5,33-36(10)27(6,7)8)18-17-22-15-16-23(29)34-22/h11-16,35-36H,17-18H2,1-10H3. The first-order valence-corrected chi connectivity index (χ1v) is 18.8. The van der Waals surface area contributed by atoms with Gasteiger partial charge in [-0.15, -0.1) is 11.3 Å². The molecule has 2 atom stereocenters. The molecule has 2 aromatic heterocycles. The summed E-state index contributed by atoms with van der Waals surface area (Å²) >= 11 is 5.38. The summed E-state index contributed by atoms with van der Waals surface area (Å²) in [7, 11) is -3.40. The van der Waals surface area contributed by atoms with Crippen LogP contribution in [-0.2, 0) is 21.1 Å². The van der Waals surface area contributed by atoms with Gasteiger partial charge in [-0.1, -0.05) is 59.2 Å². The maximum absolute atomic E-state index is 7.15. The van der Waals surface area contributed by atoms with Crippen LogP contribution in [0.25, 0.3) is 11.5 Å². The first-order chi connectivity index (χ1) is 16.6. The van der Waals surface area contributed by atoms with Crippen LogP contribution in [0, 0.1) is 13.8 Å². The van der Waals surface area contributed by atoms with E-state index in [-0.39, 0.29) is 10.1 Å². The van der Waals surface area contributed by atoms with Crippen molar-refractivity contribution in [1.29, 1.82) is 0 Å². The summed E-state index contributed by atoms with van der Waals surface area (Å²) in [5, 5.41) is 0.148. The summed E-state index contributed by atoms with van der Waals surface area (Å²) in [6, 6.07) is 12.6. The Balaban J connectivity index is 2.14. The molecule has 36 heavy (non-hydrogen) atoms. The van der Waals surface area contributed by atoms with Crippen LogP contribution in [0.1, 0.15) is 69.9 Å². The molecule has 0 saturated heterocycles. The van der Waals surface area contributed by atoms with Gasteiger partial charge in [-0.05, 0) is 83.6 Å². The van der Waals surface area contributed by atoms with E-state index in [1.807, 2.05) is 6.92 Å². The summed E-state index contributed by atoms with van der Waals surface area (Å²) in [4.78, 5) is 6.39. The number of oxazole rings is 1. The van der Waals surface area contributed by atoms with Gasteiger partial charge in [0.05, 0.1) is 3.79 Å². The van der Waals surface area contributed by atoms with Crippen molar-refractivity contribution in [2.45, 2.75) is 97.2 Å². The number of hydrogen-bond acceptors (Lipinski definition) is 5. The highest BCUT2D eigenvalue weighted by atomic mass is 79.9. The SMILES string of the molecule is Cc1ccc(-c2nc(C(CCc3ccc(Br)s3)(O[SiH](C)C(C)(C)C)O[SiH](C)C(C)(C)C)c(C)o2)cc1. The lowest BCUT2D eigenvalue weighted by molar-refractivity contribution is -0.142. The fraction of sp³-hybridized carbons (Fsp3) is 0.536. The second-order valence-corrected chi connectivity index (χ2v) is 21.1. The molecule has 1 aromatic carbocycles. The van der Waals surface area contributed by atoms with Gasteiger partial charge in [0.1, 0.15) is 11.5 Å². The molecule has 2 heterocycles. The van der Waals surface area contributed by atoms with Gasteiger partial charge in [-0.2, -0.15) is 0 Å². The van der Waals surface area contributed by atoms with Crippen LogP contribution in [0.5, 0.6) is 0 Å². The normalized spacial score (nSPS) is 16.1. The second-order valence-electron chi connectivity index (χ2n) is 12.0. The third kappa shape index (κ3) is 7.29. The highest BCUT2D eigenvalue weighted by molar-refractivity contribution is 9.11. The van der Waals surface area contributed by atoms with Gasteiger partial charge in [-0.25, -0.2) is 4.98 Å². The third-order valence-electron chi connectivity index (χ3n) is 6.96. The van der Waals surface area contributed by atoms with E-state index in [0.29, 0.717) is 12.3 Å². The molecule has 0 radical (unpaired) electrons. The van der Waals surface area contributed by atoms with Crippen molar-refractivity contribution < 1.29 is 13.3 Å². The molecule has 0 N–H and O–H groups in total. The summed E-state index contributed by atoms with van der Waals surface area (Å²) in [5.41, 5.74) is 2.97. The van der Waals surface area contributed by atoms with Gasteiger partial charge in [0.2, 0.25) is 5.89 Å². The van der Waals surface area contributed by atoms with Crippen LogP contribution >= 0.6 is 27.3 Å². The van der Waals surface area contributed by atoms with Gasteiger partial charge >= 0.3 is 0 Å². The molecule has 8 heteroatoms. The zero-order valence-corrected chi connectivity index (χ0v) is 28.2. The Bertz CT molecular complexity index is 1120. The largest absolute Gasteiger partial charge is 0.441 e. The number of aromatic nitrogens is 1. The average molecular weight is 609 g/mol. The number of halogens is 1. The quantitative estimate of drug-likeness (QED) is 0.180. The maximum Gasteiger partial charge on any atom is 0.226 e. The van der Waals surface area contributed by atoms with E-state index in [0.717, 1.165) is 27.2 Å². The fourth-order valence-electron chi connectivity index (χ4n) is 3.64. The highest BCUT2D eigenvalue weighted by Crippen LogP contribution is 2.44. The molecule has 3 aromatic rings. The molecular formula is C28H42BrNO3SSi2. The molecule has 3 rings (SSSR count). The van der Waals surface area contributed by atoms with Crippen molar-refractivity contribution in [3.8, 4) is 11.5 Å². The Morgan fingerprint density at radius 2 is 1.44 bits per heavy atom. The molecule has 0 spiro atoms. The van der Waals surface area contributed by atoms with Crippen molar-refractivity contribution in [3.05, 3.63) is 62.1 Å². The molecule has 2 unspecified atom stereocenters. The monoisotopic (exact) mass is 607 g/mol. The van der Waals surface area contributed by atoms with E-state index in [2.05, 4.69) is 114 Å². The lowest BCUT2D eigenvalue weighted by atomic mass is 10.1. The number of aryl methyl sites for hydroxylation is 3. The van der Waals surface area contributed by atoms with E-state index in [4.69, 9.17) is 18.3 Å². The topological polar surface area (TPSA) is 44.5 Å². The molecule has 4 nitrogen and oxygen atoms in total. The fourth-order valence-corrected chi connectivity index (χ4v) is 7.66. The maximum atomic E-state index is 7.15. The Morgan fingerprint density at radius 3 is 1.92 bits per heavy atom. The van der Waals surface area contributed by atoms with Gasteiger partial charge < -0.3 is 13.3 Å². The number of benzene rings is 1. The third-order valence-corrected chi connectivity index (χ3v) is 15.0. The zero-order chi connectivity index (χ0) is 26.9. The van der Waals surface area contributed by atoms with E-state index in [1.54, 1.807) is 11.3 Å². The van der Waals surface area contributed by atoms with Gasteiger partial charge in [-0.3, -0.25) is 0 Å². The van der Waals surface area contributed by atoms with Crippen LogP contribution in [0.4, 0.5) is 0 Å². The Kier molecular flexibility index (Phi) is 9.33. The van der Waals surface area contributed by atoms with Crippen LogP contribution in [-0.4, -0.2) is 23.1 Å². The molecule has 0 aliphatic rings. The lowest BCUT2D eigenvalue weighted by Crippen LogP contribution is -2.47. The average Bonchev–Trinajstić information content (AvgIpc) is 3.36. The zero-order valence-electron chi connectivity index (χ0n) is 23.5. The van der Waals surface area contributed by atoms with E-state index < -0.39 is 23.9 Å².